The first-order valence-corrected chi connectivity index (χ1v) is 24.3. The number of carbonyl (C=O) groups excluding carboxylic acids is 4. The lowest BCUT2D eigenvalue weighted by Crippen LogP contribution is -2.41. The molecule has 1 aromatic heterocycles. The predicted molar refractivity (Wildman–Crippen MR) is 272 cm³/mol. The first-order chi connectivity index (χ1) is 34.3. The Kier molecular flexibility index (Phi) is 22.7. The predicted octanol–water partition coefficient (Wildman–Crippen LogP) is 7.42. The van der Waals surface area contributed by atoms with E-state index in [1.165, 1.54) is 0 Å². The number of benzene rings is 4. The second kappa shape index (κ2) is 29.3. The van der Waals surface area contributed by atoms with Crippen molar-refractivity contribution in [3.05, 3.63) is 130 Å². The number of hydrogen-bond donors (Lipinski definition) is 6. The summed E-state index contributed by atoms with van der Waals surface area (Å²) in [5.41, 5.74) is 5.38. The smallest absolute Gasteiger partial charge is 0.335 e. The van der Waals surface area contributed by atoms with Gasteiger partial charge in [-0.2, -0.15) is 0 Å². The van der Waals surface area contributed by atoms with Gasteiger partial charge in [0.15, 0.2) is 0 Å². The third-order valence-corrected chi connectivity index (χ3v) is 12.0. The van der Waals surface area contributed by atoms with Gasteiger partial charge in [0.25, 0.3) is 11.8 Å². The van der Waals surface area contributed by atoms with Gasteiger partial charge in [-0.3, -0.25) is 28.9 Å². The Balaban J connectivity index is 1.09. The molecular weight excluding hydrogens is 909 g/mol. The SMILES string of the molecule is CCC(CC)N(CCN(C)C(=O)CCC(=O)NCCOCCOCCOCCC(=O)O)Cc1cccc(C(=O)Nc2[nH]c3ccccc3c2C(=O)Nc2ccc(CCCc3ccc(C(=O)O)cc3)cc2)c1. The molecular formula is C54H68N6O11. The van der Waals surface area contributed by atoms with E-state index in [2.05, 4.69) is 39.7 Å². The molecule has 4 aromatic carbocycles. The van der Waals surface area contributed by atoms with Crippen LogP contribution in [0, 0.1) is 0 Å². The number of carboxylic acid groups (broad SMARTS) is 2. The molecule has 71 heavy (non-hydrogen) atoms. The van der Waals surface area contributed by atoms with Gasteiger partial charge in [0, 0.05) is 74.3 Å². The number of aromatic nitrogens is 1. The average Bonchev–Trinajstić information content (AvgIpc) is 3.73. The number of aryl methyl sites for hydroxylation is 2. The van der Waals surface area contributed by atoms with E-state index < -0.39 is 11.9 Å². The molecule has 0 aliphatic heterocycles. The van der Waals surface area contributed by atoms with Gasteiger partial charge in [0.1, 0.15) is 5.82 Å². The van der Waals surface area contributed by atoms with Crippen LogP contribution in [0.3, 0.4) is 0 Å². The van der Waals surface area contributed by atoms with Gasteiger partial charge in [0.2, 0.25) is 11.8 Å². The summed E-state index contributed by atoms with van der Waals surface area (Å²) in [5, 5.41) is 27.2. The fourth-order valence-electron chi connectivity index (χ4n) is 8.02. The van der Waals surface area contributed by atoms with Crippen molar-refractivity contribution in [1.82, 2.24) is 20.1 Å². The van der Waals surface area contributed by atoms with Gasteiger partial charge < -0.3 is 50.3 Å². The van der Waals surface area contributed by atoms with Gasteiger partial charge in [-0.05, 0) is 91.3 Å². The molecule has 6 N–H and O–H groups in total. The van der Waals surface area contributed by atoms with Crippen molar-refractivity contribution in [2.75, 3.05) is 77.0 Å². The Bertz CT molecular complexity index is 2510. The number of fused-ring (bicyclic) bond motifs is 1. The Morgan fingerprint density at radius 1 is 0.648 bits per heavy atom. The molecule has 0 unspecified atom stereocenters. The Morgan fingerprint density at radius 3 is 1.96 bits per heavy atom. The van der Waals surface area contributed by atoms with Crippen LogP contribution in [0.2, 0.25) is 0 Å². The number of nitrogens with one attached hydrogen (secondary N) is 4. The van der Waals surface area contributed by atoms with Crippen molar-refractivity contribution in [3.63, 3.8) is 0 Å². The molecule has 0 fully saturated rings. The topological polar surface area (TPSA) is 229 Å². The highest BCUT2D eigenvalue weighted by Crippen LogP contribution is 2.28. The lowest BCUT2D eigenvalue weighted by Gasteiger charge is -2.32. The number of carboxylic acids is 2. The van der Waals surface area contributed by atoms with Gasteiger partial charge >= 0.3 is 11.9 Å². The number of aromatic carboxylic acids is 1. The molecule has 0 aliphatic carbocycles. The minimum absolute atomic E-state index is 0.0519. The van der Waals surface area contributed by atoms with E-state index in [4.69, 9.17) is 24.4 Å². The molecule has 5 rings (SSSR count). The van der Waals surface area contributed by atoms with Crippen molar-refractivity contribution >= 4 is 58.0 Å². The molecule has 0 saturated carbocycles. The molecule has 17 heteroatoms. The first-order valence-electron chi connectivity index (χ1n) is 24.3. The zero-order chi connectivity index (χ0) is 51.0. The standard InChI is InChI=1S/C54H68N6O11/c1-4-44(5-2)60(29-28-59(3)48(62)25-24-47(61)55-27-31-70-33-35-71-34-32-69-30-26-49(63)64)37-40-12-9-13-42(36-40)52(65)58-51-50(45-14-6-7-15-46(45)57-51)53(66)56-43-22-18-39(19-23-43)11-8-10-38-16-20-41(21-17-38)54(67)68/h6-7,9,12-23,36,44,57H,4-5,8,10-11,24-35,37H2,1-3H3,(H,55,61)(H,56,66)(H,58,65)(H,63,64)(H,67,68). The monoisotopic (exact) mass is 976 g/mol. The van der Waals surface area contributed by atoms with E-state index in [0.717, 1.165) is 48.8 Å². The number of hydrogen-bond acceptors (Lipinski definition) is 10. The highest BCUT2D eigenvalue weighted by Gasteiger charge is 2.23. The third-order valence-electron chi connectivity index (χ3n) is 12.0. The van der Waals surface area contributed by atoms with E-state index in [1.807, 2.05) is 78.9 Å². The van der Waals surface area contributed by atoms with Crippen LogP contribution in [-0.2, 0) is 48.0 Å². The number of nitrogens with zero attached hydrogens (tertiary/aromatic N) is 2. The number of ether oxygens (including phenoxy) is 3. The molecule has 0 spiro atoms. The van der Waals surface area contributed by atoms with Crippen molar-refractivity contribution in [2.45, 2.75) is 77.8 Å². The van der Waals surface area contributed by atoms with E-state index in [1.54, 1.807) is 30.1 Å². The summed E-state index contributed by atoms with van der Waals surface area (Å²) in [4.78, 5) is 82.2. The second-order valence-electron chi connectivity index (χ2n) is 17.2. The number of carbonyl (C=O) groups is 6. The highest BCUT2D eigenvalue weighted by molar-refractivity contribution is 6.19. The number of amides is 4. The summed E-state index contributed by atoms with van der Waals surface area (Å²) >= 11 is 0. The van der Waals surface area contributed by atoms with E-state index >= 15 is 0 Å². The summed E-state index contributed by atoms with van der Waals surface area (Å²) in [7, 11) is 1.74. The number of para-hydroxylation sites is 1. The number of aromatic amines is 1. The summed E-state index contributed by atoms with van der Waals surface area (Å²) in [6, 6.07) is 29.6. The number of anilines is 2. The summed E-state index contributed by atoms with van der Waals surface area (Å²) < 4.78 is 16.0. The lowest BCUT2D eigenvalue weighted by atomic mass is 10.0. The van der Waals surface area contributed by atoms with Gasteiger partial charge in [-0.25, -0.2) is 4.79 Å². The van der Waals surface area contributed by atoms with Crippen LogP contribution >= 0.6 is 0 Å². The molecule has 0 radical (unpaired) electrons. The van der Waals surface area contributed by atoms with Gasteiger partial charge in [-0.15, -0.1) is 0 Å². The lowest BCUT2D eigenvalue weighted by molar-refractivity contribution is -0.138. The quantitative estimate of drug-likeness (QED) is 0.0232. The molecule has 0 atom stereocenters. The zero-order valence-corrected chi connectivity index (χ0v) is 41.0. The van der Waals surface area contributed by atoms with Crippen LogP contribution in [0.5, 0.6) is 0 Å². The zero-order valence-electron chi connectivity index (χ0n) is 41.0. The van der Waals surface area contributed by atoms with Gasteiger partial charge in [-0.1, -0.05) is 68.4 Å². The second-order valence-corrected chi connectivity index (χ2v) is 17.2. The molecule has 5 aromatic rings. The maximum absolute atomic E-state index is 14.0. The van der Waals surface area contributed by atoms with Crippen molar-refractivity contribution < 1.29 is 53.2 Å². The van der Waals surface area contributed by atoms with Crippen LogP contribution in [0.25, 0.3) is 10.9 Å². The summed E-state index contributed by atoms with van der Waals surface area (Å²) in [5.74, 6) is -2.73. The number of aliphatic carboxylic acids is 1. The van der Waals surface area contributed by atoms with Crippen molar-refractivity contribution in [1.29, 1.82) is 0 Å². The molecule has 0 aliphatic rings. The average molecular weight is 977 g/mol. The maximum Gasteiger partial charge on any atom is 0.335 e. The Labute approximate surface area is 415 Å². The van der Waals surface area contributed by atoms with Crippen LogP contribution in [0.15, 0.2) is 97.1 Å². The largest absolute Gasteiger partial charge is 0.481 e. The molecule has 380 valence electrons. The number of rotatable bonds is 32. The number of likely N-dealkylation sites (N-methyl/N-ethyl adjacent to an activating group) is 1. The van der Waals surface area contributed by atoms with E-state index in [0.29, 0.717) is 86.9 Å². The first kappa shape index (κ1) is 55.0. The maximum atomic E-state index is 14.0. The van der Waals surface area contributed by atoms with Crippen molar-refractivity contribution in [2.24, 2.45) is 0 Å². The normalized spacial score (nSPS) is 11.2. The minimum Gasteiger partial charge on any atom is -0.481 e. The molecule has 4 amide bonds. The minimum atomic E-state index is -0.945. The van der Waals surface area contributed by atoms with Crippen LogP contribution in [0.1, 0.15) is 100 Å². The van der Waals surface area contributed by atoms with Crippen molar-refractivity contribution in [3.8, 4) is 0 Å². The Hall–Kier alpha value is -6.92. The molecule has 17 nitrogen and oxygen atoms in total. The summed E-state index contributed by atoms with van der Waals surface area (Å²) in [6.07, 6.45) is 4.34. The molecule has 0 saturated heterocycles. The highest BCUT2D eigenvalue weighted by atomic mass is 16.5. The van der Waals surface area contributed by atoms with E-state index in [9.17, 15) is 28.8 Å². The summed E-state index contributed by atoms with van der Waals surface area (Å²) in [6.45, 7) is 7.84. The molecule has 0 bridgehead atoms. The van der Waals surface area contributed by atoms with Crippen LogP contribution in [-0.4, -0.2) is 133 Å². The third kappa shape index (κ3) is 18.4. The van der Waals surface area contributed by atoms with Crippen LogP contribution in [0.4, 0.5) is 11.5 Å². The number of H-pyrrole nitrogens is 1. The van der Waals surface area contributed by atoms with Gasteiger partial charge in [0.05, 0.1) is 57.2 Å². The fraction of sp³-hybridized carbons (Fsp3) is 0.407. The Morgan fingerprint density at radius 2 is 1.30 bits per heavy atom. The van der Waals surface area contributed by atoms with Crippen LogP contribution < -0.4 is 16.0 Å². The van der Waals surface area contributed by atoms with E-state index in [-0.39, 0.29) is 66.9 Å². The molecule has 1 heterocycles. The fourth-order valence-corrected chi connectivity index (χ4v) is 8.02.